The zero-order chi connectivity index (χ0) is 22.1. The van der Waals surface area contributed by atoms with E-state index in [2.05, 4.69) is 50.2 Å². The van der Waals surface area contributed by atoms with Crippen LogP contribution in [0.15, 0.2) is 60.7 Å². The van der Waals surface area contributed by atoms with Gasteiger partial charge in [-0.1, -0.05) is 81.3 Å². The molecule has 1 nitrogen and oxygen atoms in total. The Bertz CT molecular complexity index is 959. The van der Waals surface area contributed by atoms with Crippen molar-refractivity contribution >= 4 is 0 Å². The van der Waals surface area contributed by atoms with Crippen molar-refractivity contribution in [2.45, 2.75) is 65.2 Å². The molecule has 0 spiro atoms. The lowest BCUT2D eigenvalue weighted by Crippen LogP contribution is -1.98. The van der Waals surface area contributed by atoms with E-state index in [1.54, 1.807) is 6.07 Å². The maximum Gasteiger partial charge on any atom is 0.131 e. The second-order valence-corrected chi connectivity index (χ2v) is 8.41. The molecule has 0 heterocycles. The molecule has 0 atom stereocenters. The van der Waals surface area contributed by atoms with Gasteiger partial charge in [0.25, 0.3) is 0 Å². The van der Waals surface area contributed by atoms with Gasteiger partial charge >= 0.3 is 0 Å². The molecule has 0 saturated heterocycles. The number of benzene rings is 3. The average Bonchev–Trinajstić information content (AvgIpc) is 2.79. The van der Waals surface area contributed by atoms with E-state index in [1.807, 2.05) is 18.2 Å². The molecule has 0 aliphatic heterocycles. The summed E-state index contributed by atoms with van der Waals surface area (Å²) in [6, 6.07) is 20.6. The molecular weight excluding hydrogens is 383 g/mol. The first kappa shape index (κ1) is 23.2. The number of rotatable bonds is 11. The molecule has 0 bridgehead atoms. The highest BCUT2D eigenvalue weighted by Gasteiger charge is 2.11. The topological polar surface area (TPSA) is 20.2 Å². The molecule has 0 radical (unpaired) electrons. The summed E-state index contributed by atoms with van der Waals surface area (Å²) in [6.07, 6.45) is 8.18. The van der Waals surface area contributed by atoms with Gasteiger partial charge in [0.2, 0.25) is 0 Å². The Morgan fingerprint density at radius 3 is 1.84 bits per heavy atom. The Labute approximate surface area is 187 Å². The summed E-state index contributed by atoms with van der Waals surface area (Å²) < 4.78 is 15.0. The van der Waals surface area contributed by atoms with E-state index in [9.17, 15) is 9.50 Å². The van der Waals surface area contributed by atoms with Crippen LogP contribution < -0.4 is 0 Å². The van der Waals surface area contributed by atoms with Gasteiger partial charge in [-0.3, -0.25) is 0 Å². The molecule has 0 saturated carbocycles. The number of hydrogen-bond donors (Lipinski definition) is 1. The Hall–Kier alpha value is -2.45. The lowest BCUT2D eigenvalue weighted by atomic mass is 9.93. The lowest BCUT2D eigenvalue weighted by Gasteiger charge is -2.13. The number of halogens is 1. The SMILES string of the molecule is CCCCCc1ccc(CCc2ccc(-c3ccc(CCO)cc3CC)c(F)c2)cc1. The Morgan fingerprint density at radius 2 is 1.23 bits per heavy atom. The number of hydrogen-bond acceptors (Lipinski definition) is 1. The van der Waals surface area contributed by atoms with Gasteiger partial charge in [0.05, 0.1) is 0 Å². The summed E-state index contributed by atoms with van der Waals surface area (Å²) >= 11 is 0. The smallest absolute Gasteiger partial charge is 0.131 e. The van der Waals surface area contributed by atoms with Crippen LogP contribution in [0, 0.1) is 5.82 Å². The number of unbranched alkanes of at least 4 members (excludes halogenated alkanes) is 2. The fraction of sp³-hybridized carbons (Fsp3) is 0.379. The highest BCUT2D eigenvalue weighted by atomic mass is 19.1. The predicted molar refractivity (Wildman–Crippen MR) is 129 cm³/mol. The molecule has 0 aliphatic rings. The molecule has 0 aromatic heterocycles. The highest BCUT2D eigenvalue weighted by Crippen LogP contribution is 2.29. The van der Waals surface area contributed by atoms with E-state index < -0.39 is 0 Å². The van der Waals surface area contributed by atoms with E-state index in [1.165, 1.54) is 30.4 Å². The van der Waals surface area contributed by atoms with Crippen LogP contribution in [0.25, 0.3) is 11.1 Å². The minimum Gasteiger partial charge on any atom is -0.396 e. The number of aryl methyl sites for hydroxylation is 4. The third kappa shape index (κ3) is 6.51. The fourth-order valence-corrected chi connectivity index (χ4v) is 4.16. The summed E-state index contributed by atoms with van der Waals surface area (Å²) in [5.74, 6) is -0.159. The third-order valence-corrected chi connectivity index (χ3v) is 6.07. The molecular formula is C29H35FO. The van der Waals surface area contributed by atoms with Crippen molar-refractivity contribution in [3.63, 3.8) is 0 Å². The Morgan fingerprint density at radius 1 is 0.645 bits per heavy atom. The zero-order valence-corrected chi connectivity index (χ0v) is 19.0. The molecule has 0 aliphatic carbocycles. The first-order chi connectivity index (χ1) is 15.1. The monoisotopic (exact) mass is 418 g/mol. The van der Waals surface area contributed by atoms with Gasteiger partial charge in [-0.25, -0.2) is 4.39 Å². The molecule has 0 unspecified atom stereocenters. The quantitative estimate of drug-likeness (QED) is 0.329. The van der Waals surface area contributed by atoms with Crippen LogP contribution in [0.3, 0.4) is 0 Å². The van der Waals surface area contributed by atoms with Gasteiger partial charge in [0.15, 0.2) is 0 Å². The molecule has 3 rings (SSSR count). The Kier molecular flexibility index (Phi) is 8.85. The lowest BCUT2D eigenvalue weighted by molar-refractivity contribution is 0.299. The van der Waals surface area contributed by atoms with Crippen molar-refractivity contribution in [1.82, 2.24) is 0 Å². The molecule has 0 fully saturated rings. The molecule has 3 aromatic carbocycles. The van der Waals surface area contributed by atoms with Crippen molar-refractivity contribution in [3.8, 4) is 11.1 Å². The molecule has 3 aromatic rings. The van der Waals surface area contributed by atoms with Crippen molar-refractivity contribution < 1.29 is 9.50 Å². The minimum absolute atomic E-state index is 0.132. The van der Waals surface area contributed by atoms with Gasteiger partial charge in [-0.2, -0.15) is 0 Å². The molecule has 2 heteroatoms. The number of aliphatic hydroxyl groups excluding tert-OH is 1. The largest absolute Gasteiger partial charge is 0.396 e. The van der Waals surface area contributed by atoms with E-state index in [0.717, 1.165) is 47.9 Å². The molecule has 1 N–H and O–H groups in total. The standard InChI is InChI=1S/C29H35FO/c1-3-5-6-7-22-8-10-23(11-9-22)12-13-24-15-17-28(29(30)21-24)27-16-14-25(18-19-31)20-26(27)4-2/h8-11,14-17,20-21,31H,3-7,12-13,18-19H2,1-2H3. The van der Waals surface area contributed by atoms with Gasteiger partial charge in [0, 0.05) is 12.2 Å². The van der Waals surface area contributed by atoms with Crippen LogP contribution in [0.1, 0.15) is 60.9 Å². The average molecular weight is 419 g/mol. The van der Waals surface area contributed by atoms with Gasteiger partial charge in [-0.05, 0) is 78.0 Å². The first-order valence-electron chi connectivity index (χ1n) is 11.7. The zero-order valence-electron chi connectivity index (χ0n) is 19.0. The minimum atomic E-state index is -0.159. The van der Waals surface area contributed by atoms with Gasteiger partial charge < -0.3 is 5.11 Å². The molecule has 164 valence electrons. The first-order valence-corrected chi connectivity index (χ1v) is 11.7. The van der Waals surface area contributed by atoms with Crippen LogP contribution in [-0.2, 0) is 32.1 Å². The second-order valence-electron chi connectivity index (χ2n) is 8.41. The second kappa shape index (κ2) is 11.8. The third-order valence-electron chi connectivity index (χ3n) is 6.07. The predicted octanol–water partition coefficient (Wildman–Crippen LogP) is 7.11. The maximum atomic E-state index is 15.0. The van der Waals surface area contributed by atoms with E-state index >= 15 is 0 Å². The highest BCUT2D eigenvalue weighted by molar-refractivity contribution is 5.69. The van der Waals surface area contributed by atoms with E-state index in [4.69, 9.17) is 0 Å². The van der Waals surface area contributed by atoms with Crippen molar-refractivity contribution in [1.29, 1.82) is 0 Å². The van der Waals surface area contributed by atoms with Crippen LogP contribution >= 0.6 is 0 Å². The summed E-state index contributed by atoms with van der Waals surface area (Å²) in [4.78, 5) is 0. The van der Waals surface area contributed by atoms with Crippen LogP contribution in [0.4, 0.5) is 4.39 Å². The number of aliphatic hydroxyl groups is 1. The van der Waals surface area contributed by atoms with Crippen LogP contribution in [0.5, 0.6) is 0 Å². The summed E-state index contributed by atoms with van der Waals surface area (Å²) in [5.41, 5.74) is 7.57. The van der Waals surface area contributed by atoms with Crippen LogP contribution in [-0.4, -0.2) is 11.7 Å². The van der Waals surface area contributed by atoms with Crippen molar-refractivity contribution in [2.75, 3.05) is 6.61 Å². The summed E-state index contributed by atoms with van der Waals surface area (Å²) in [7, 11) is 0. The van der Waals surface area contributed by atoms with Gasteiger partial charge in [-0.15, -0.1) is 0 Å². The molecule has 31 heavy (non-hydrogen) atoms. The molecule has 0 amide bonds. The van der Waals surface area contributed by atoms with Crippen LogP contribution in [0.2, 0.25) is 0 Å². The fourth-order valence-electron chi connectivity index (χ4n) is 4.16. The maximum absolute atomic E-state index is 15.0. The summed E-state index contributed by atoms with van der Waals surface area (Å²) in [5, 5.41) is 9.17. The van der Waals surface area contributed by atoms with Crippen molar-refractivity contribution in [3.05, 3.63) is 94.3 Å². The van der Waals surface area contributed by atoms with Gasteiger partial charge in [0.1, 0.15) is 5.82 Å². The summed E-state index contributed by atoms with van der Waals surface area (Å²) in [6.45, 7) is 4.45. The van der Waals surface area contributed by atoms with E-state index in [-0.39, 0.29) is 12.4 Å². The van der Waals surface area contributed by atoms with E-state index in [0.29, 0.717) is 12.0 Å². The normalized spacial score (nSPS) is 11.1. The Balaban J connectivity index is 1.66. The van der Waals surface area contributed by atoms with Crippen molar-refractivity contribution in [2.24, 2.45) is 0 Å².